The Kier molecular flexibility index (Phi) is 5.15. The van der Waals surface area contributed by atoms with Crippen LogP contribution in [0.25, 0.3) is 0 Å². The third kappa shape index (κ3) is 3.01. The molecule has 18 heavy (non-hydrogen) atoms. The second-order valence-corrected chi connectivity index (χ2v) is 3.87. The zero-order valence-corrected chi connectivity index (χ0v) is 10.9. The van der Waals surface area contributed by atoms with Crippen molar-refractivity contribution in [3.05, 3.63) is 21.6 Å². The summed E-state index contributed by atoms with van der Waals surface area (Å²) in [4.78, 5) is 22.9. The molecule has 1 aromatic heterocycles. The quantitative estimate of drug-likeness (QED) is 0.790. The molecule has 6 nitrogen and oxygen atoms in total. The molecule has 0 saturated heterocycles. The van der Waals surface area contributed by atoms with Crippen molar-refractivity contribution < 1.29 is 9.53 Å². The normalized spacial score (nSPS) is 12.9. The van der Waals surface area contributed by atoms with Gasteiger partial charge in [0.15, 0.2) is 0 Å². The smallest absolute Gasteiger partial charge is 0.311 e. The lowest BCUT2D eigenvalue weighted by Gasteiger charge is -2.18. The number of hydrogen-bond donors (Lipinski definition) is 2. The Morgan fingerprint density at radius 2 is 2.28 bits per heavy atom. The van der Waals surface area contributed by atoms with Crippen molar-refractivity contribution in [3.8, 4) is 0 Å². The summed E-state index contributed by atoms with van der Waals surface area (Å²) < 4.78 is 4.88. The standard InChI is InChI=1S/C11H15N3O3.ClH/c1-2-17-9(15)6-8-7-4-3-5-12-10(7)11(16)14-13-8;/h12H,2-6H2,1H3,(H,14,16);1H. The minimum atomic E-state index is -0.320. The number of aromatic nitrogens is 2. The van der Waals surface area contributed by atoms with Crippen LogP contribution in [0.4, 0.5) is 5.69 Å². The Morgan fingerprint density at radius 1 is 1.50 bits per heavy atom. The molecule has 0 amide bonds. The summed E-state index contributed by atoms with van der Waals surface area (Å²) in [6.45, 7) is 2.89. The Bertz CT molecular complexity index is 487. The average molecular weight is 274 g/mol. The van der Waals surface area contributed by atoms with Gasteiger partial charge in [0.05, 0.1) is 18.7 Å². The number of halogens is 1. The van der Waals surface area contributed by atoms with Crippen molar-refractivity contribution >= 4 is 24.1 Å². The molecule has 1 aliphatic heterocycles. The number of carbonyl (C=O) groups is 1. The van der Waals surface area contributed by atoms with Gasteiger partial charge in [0, 0.05) is 12.1 Å². The molecule has 0 aliphatic carbocycles. The van der Waals surface area contributed by atoms with Crippen molar-refractivity contribution in [1.29, 1.82) is 0 Å². The number of anilines is 1. The van der Waals surface area contributed by atoms with E-state index in [1.54, 1.807) is 6.92 Å². The van der Waals surface area contributed by atoms with E-state index in [2.05, 4.69) is 15.5 Å². The van der Waals surface area contributed by atoms with E-state index in [1.807, 2.05) is 0 Å². The maximum absolute atomic E-state index is 11.5. The Labute approximate surface area is 111 Å². The molecule has 0 radical (unpaired) electrons. The Hall–Kier alpha value is -1.56. The van der Waals surface area contributed by atoms with Crippen LogP contribution in [0.15, 0.2) is 4.79 Å². The zero-order valence-electron chi connectivity index (χ0n) is 10.1. The number of ether oxygens (including phenoxy) is 1. The predicted octanol–water partition coefficient (Wildman–Crippen LogP) is 0.655. The van der Waals surface area contributed by atoms with E-state index in [9.17, 15) is 9.59 Å². The van der Waals surface area contributed by atoms with Crippen LogP contribution in [0.5, 0.6) is 0 Å². The molecule has 0 bridgehead atoms. The van der Waals surface area contributed by atoms with Gasteiger partial charge in [-0.25, -0.2) is 5.10 Å². The van der Waals surface area contributed by atoms with Crippen LogP contribution in [-0.2, 0) is 22.4 Å². The first kappa shape index (κ1) is 14.5. The van der Waals surface area contributed by atoms with E-state index in [0.717, 1.165) is 24.9 Å². The predicted molar refractivity (Wildman–Crippen MR) is 69.3 cm³/mol. The van der Waals surface area contributed by atoms with Gasteiger partial charge in [-0.05, 0) is 19.8 Å². The highest BCUT2D eigenvalue weighted by atomic mass is 35.5. The van der Waals surface area contributed by atoms with Crippen LogP contribution in [0.1, 0.15) is 24.6 Å². The summed E-state index contributed by atoms with van der Waals surface area (Å²) in [5.74, 6) is -0.320. The van der Waals surface area contributed by atoms with Crippen molar-refractivity contribution in [3.63, 3.8) is 0 Å². The van der Waals surface area contributed by atoms with Crippen molar-refractivity contribution in [1.82, 2.24) is 10.2 Å². The molecule has 1 aromatic rings. The minimum absolute atomic E-state index is 0. The molecule has 0 fully saturated rings. The topological polar surface area (TPSA) is 84.1 Å². The zero-order chi connectivity index (χ0) is 12.3. The molecule has 2 rings (SSSR count). The highest BCUT2D eigenvalue weighted by molar-refractivity contribution is 5.85. The SMILES string of the molecule is CCOC(=O)Cc1n[nH]c(=O)c2c1CCCN2.Cl. The summed E-state index contributed by atoms with van der Waals surface area (Å²) in [5.41, 5.74) is 1.76. The number of esters is 1. The molecule has 100 valence electrons. The molecule has 7 heteroatoms. The number of nitrogens with zero attached hydrogens (tertiary/aromatic N) is 1. The number of fused-ring (bicyclic) bond motifs is 1. The molecule has 2 heterocycles. The first-order chi connectivity index (χ1) is 8.22. The molecule has 0 aromatic carbocycles. The van der Waals surface area contributed by atoms with Crippen LogP contribution in [0, 0.1) is 0 Å². The van der Waals surface area contributed by atoms with Crippen molar-refractivity contribution in [2.45, 2.75) is 26.2 Å². The molecule has 0 saturated carbocycles. The number of H-pyrrole nitrogens is 1. The lowest BCUT2D eigenvalue weighted by atomic mass is 10.0. The number of nitrogens with one attached hydrogen (secondary N) is 2. The number of hydrogen-bond acceptors (Lipinski definition) is 5. The fraction of sp³-hybridized carbons (Fsp3) is 0.545. The molecule has 0 spiro atoms. The van der Waals surface area contributed by atoms with Crippen LogP contribution in [0.3, 0.4) is 0 Å². The lowest BCUT2D eigenvalue weighted by molar-refractivity contribution is -0.142. The van der Waals surface area contributed by atoms with E-state index in [4.69, 9.17) is 4.74 Å². The molecule has 0 atom stereocenters. The third-order valence-corrected chi connectivity index (χ3v) is 2.69. The average Bonchev–Trinajstić information content (AvgIpc) is 2.34. The highest BCUT2D eigenvalue weighted by Gasteiger charge is 2.19. The van der Waals surface area contributed by atoms with E-state index in [0.29, 0.717) is 18.0 Å². The minimum Gasteiger partial charge on any atom is -0.466 e. The summed E-state index contributed by atoms with van der Waals surface area (Å²) in [6.07, 6.45) is 1.82. The summed E-state index contributed by atoms with van der Waals surface area (Å²) in [6, 6.07) is 0. The Morgan fingerprint density at radius 3 is 3.00 bits per heavy atom. The molecular formula is C11H16ClN3O3. The van der Waals surface area contributed by atoms with Gasteiger partial charge in [-0.15, -0.1) is 12.4 Å². The van der Waals surface area contributed by atoms with Gasteiger partial charge in [-0.2, -0.15) is 5.10 Å². The fourth-order valence-corrected chi connectivity index (χ4v) is 1.95. The number of aromatic amines is 1. The fourth-order valence-electron chi connectivity index (χ4n) is 1.95. The van der Waals surface area contributed by atoms with Crippen LogP contribution < -0.4 is 10.9 Å². The lowest BCUT2D eigenvalue weighted by Crippen LogP contribution is -2.26. The van der Waals surface area contributed by atoms with Gasteiger partial charge >= 0.3 is 5.97 Å². The second-order valence-electron chi connectivity index (χ2n) is 3.87. The monoisotopic (exact) mass is 273 g/mol. The van der Waals surface area contributed by atoms with Gasteiger partial charge in [-0.1, -0.05) is 0 Å². The summed E-state index contributed by atoms with van der Waals surface area (Å²) in [7, 11) is 0. The summed E-state index contributed by atoms with van der Waals surface area (Å²) in [5, 5.41) is 9.38. The summed E-state index contributed by atoms with van der Waals surface area (Å²) >= 11 is 0. The highest BCUT2D eigenvalue weighted by Crippen LogP contribution is 2.20. The number of rotatable bonds is 3. The third-order valence-electron chi connectivity index (χ3n) is 2.69. The largest absolute Gasteiger partial charge is 0.466 e. The van der Waals surface area contributed by atoms with E-state index >= 15 is 0 Å². The van der Waals surface area contributed by atoms with E-state index in [-0.39, 0.29) is 30.4 Å². The maximum atomic E-state index is 11.5. The molecule has 2 N–H and O–H groups in total. The van der Waals surface area contributed by atoms with Gasteiger partial charge in [-0.3, -0.25) is 9.59 Å². The van der Waals surface area contributed by atoms with Gasteiger partial charge < -0.3 is 10.1 Å². The molecule has 1 aliphatic rings. The van der Waals surface area contributed by atoms with E-state index < -0.39 is 0 Å². The van der Waals surface area contributed by atoms with Crippen LogP contribution in [-0.4, -0.2) is 29.3 Å². The first-order valence-electron chi connectivity index (χ1n) is 5.72. The van der Waals surface area contributed by atoms with E-state index in [1.165, 1.54) is 0 Å². The first-order valence-corrected chi connectivity index (χ1v) is 5.72. The van der Waals surface area contributed by atoms with Crippen molar-refractivity contribution in [2.75, 3.05) is 18.5 Å². The van der Waals surface area contributed by atoms with Crippen LogP contribution in [0.2, 0.25) is 0 Å². The second kappa shape index (κ2) is 6.39. The maximum Gasteiger partial charge on any atom is 0.311 e. The van der Waals surface area contributed by atoms with Gasteiger partial charge in [0.1, 0.15) is 5.69 Å². The number of carbonyl (C=O) groups excluding carboxylic acids is 1. The van der Waals surface area contributed by atoms with Gasteiger partial charge in [0.2, 0.25) is 0 Å². The van der Waals surface area contributed by atoms with Gasteiger partial charge in [0.25, 0.3) is 5.56 Å². The van der Waals surface area contributed by atoms with Crippen molar-refractivity contribution in [2.24, 2.45) is 0 Å². The van der Waals surface area contributed by atoms with Crippen LogP contribution >= 0.6 is 12.4 Å². The Balaban J connectivity index is 0.00000162. The molecular weight excluding hydrogens is 258 g/mol. The molecule has 0 unspecified atom stereocenters.